The maximum atomic E-state index is 12.8. The van der Waals surface area contributed by atoms with E-state index in [1.165, 1.54) is 30.5 Å². The Hall–Kier alpha value is -1.78. The number of hydrogen-bond acceptors (Lipinski definition) is 2. The number of aromatic nitrogens is 1. The zero-order valence-electron chi connectivity index (χ0n) is 8.66. The number of nitrogens with zero attached hydrogens (tertiary/aromatic N) is 1. The summed E-state index contributed by atoms with van der Waals surface area (Å²) >= 11 is 0. The van der Waals surface area contributed by atoms with Gasteiger partial charge in [-0.15, -0.1) is 0 Å². The molecule has 0 N–H and O–H groups in total. The van der Waals surface area contributed by atoms with Crippen LogP contribution in [-0.2, 0) is 0 Å². The number of alkyl halides is 2. The number of hydrogen-bond donors (Lipinski definition) is 0. The Morgan fingerprint density at radius 1 is 1.24 bits per heavy atom. The van der Waals surface area contributed by atoms with Crippen LogP contribution in [0.3, 0.4) is 0 Å². The molecule has 1 unspecified atom stereocenters. The number of oxazole rings is 1. The topological polar surface area (TPSA) is 26.0 Å². The molecular formula is C12H8F3NO. The molecule has 0 saturated heterocycles. The lowest BCUT2D eigenvalue weighted by Gasteiger charge is -1.95. The smallest absolute Gasteiger partial charge is 0.259 e. The predicted molar refractivity (Wildman–Crippen MR) is 54.2 cm³/mol. The highest BCUT2D eigenvalue weighted by molar-refractivity contribution is 5.52. The quantitative estimate of drug-likeness (QED) is 0.800. The number of benzene rings is 1. The van der Waals surface area contributed by atoms with Crippen molar-refractivity contribution in [3.8, 4) is 11.5 Å². The third kappa shape index (κ3) is 1.81. The van der Waals surface area contributed by atoms with Gasteiger partial charge in [-0.2, -0.15) is 0 Å². The first-order valence-electron chi connectivity index (χ1n) is 5.16. The van der Waals surface area contributed by atoms with Gasteiger partial charge in [0.05, 0.1) is 12.1 Å². The molecule has 1 aromatic heterocycles. The maximum absolute atomic E-state index is 12.8. The van der Waals surface area contributed by atoms with Gasteiger partial charge in [-0.1, -0.05) is 0 Å². The molecule has 3 rings (SSSR count). The fraction of sp³-hybridized carbons (Fsp3) is 0.250. The molecule has 1 saturated carbocycles. The van der Waals surface area contributed by atoms with Crippen LogP contribution >= 0.6 is 0 Å². The first-order valence-corrected chi connectivity index (χ1v) is 5.16. The maximum Gasteiger partial charge on any atom is 0.259 e. The number of rotatable bonds is 2. The predicted octanol–water partition coefficient (Wildman–Crippen LogP) is 3.60. The second-order valence-electron chi connectivity index (χ2n) is 4.09. The molecule has 2 nitrogen and oxygen atoms in total. The summed E-state index contributed by atoms with van der Waals surface area (Å²) in [5.74, 6) is -3.46. The molecule has 0 bridgehead atoms. The molecular weight excluding hydrogens is 231 g/mol. The van der Waals surface area contributed by atoms with Crippen LogP contribution in [0.2, 0.25) is 0 Å². The lowest BCUT2D eigenvalue weighted by molar-refractivity contribution is 0.109. The van der Waals surface area contributed by atoms with E-state index in [1.807, 2.05) is 0 Å². The lowest BCUT2D eigenvalue weighted by Crippen LogP contribution is -1.90. The Morgan fingerprint density at radius 2 is 1.88 bits per heavy atom. The fourth-order valence-electron chi connectivity index (χ4n) is 1.70. The first kappa shape index (κ1) is 10.4. The normalized spacial score (nSPS) is 21.5. The van der Waals surface area contributed by atoms with E-state index in [1.54, 1.807) is 0 Å². The van der Waals surface area contributed by atoms with Crippen LogP contribution in [0.25, 0.3) is 11.5 Å². The minimum atomic E-state index is -2.67. The average Bonchev–Trinajstić information content (AvgIpc) is 2.76. The Balaban J connectivity index is 1.88. The minimum Gasteiger partial charge on any atom is -0.441 e. The average molecular weight is 239 g/mol. The Kier molecular flexibility index (Phi) is 2.05. The molecule has 2 aromatic rings. The molecule has 1 heterocycles. The third-order valence-corrected chi connectivity index (χ3v) is 2.78. The van der Waals surface area contributed by atoms with Crippen molar-refractivity contribution in [2.24, 2.45) is 0 Å². The standard InChI is InChI=1S/C12H8F3NO/c13-8-3-1-7(2-4-8)11-16-6-10(17-11)9-5-12(9,14)15/h1-4,6,9H,5H2. The molecule has 0 radical (unpaired) electrons. The van der Waals surface area contributed by atoms with Crippen molar-refractivity contribution in [2.75, 3.05) is 0 Å². The summed E-state index contributed by atoms with van der Waals surface area (Å²) in [5.41, 5.74) is 0.571. The molecule has 1 atom stereocenters. The van der Waals surface area contributed by atoms with Crippen molar-refractivity contribution in [1.29, 1.82) is 0 Å². The van der Waals surface area contributed by atoms with Crippen molar-refractivity contribution < 1.29 is 17.6 Å². The van der Waals surface area contributed by atoms with Crippen molar-refractivity contribution in [3.05, 3.63) is 42.0 Å². The van der Waals surface area contributed by atoms with Gasteiger partial charge >= 0.3 is 0 Å². The third-order valence-electron chi connectivity index (χ3n) is 2.78. The molecule has 0 amide bonds. The molecule has 0 aliphatic heterocycles. The first-order chi connectivity index (χ1) is 8.06. The second-order valence-corrected chi connectivity index (χ2v) is 4.09. The van der Waals surface area contributed by atoms with E-state index in [4.69, 9.17) is 4.42 Å². The van der Waals surface area contributed by atoms with Crippen LogP contribution in [-0.4, -0.2) is 10.9 Å². The Labute approximate surface area is 95.1 Å². The van der Waals surface area contributed by atoms with E-state index in [2.05, 4.69) is 4.98 Å². The largest absolute Gasteiger partial charge is 0.441 e. The summed E-state index contributed by atoms with van der Waals surface area (Å²) in [5, 5.41) is 0. The molecule has 17 heavy (non-hydrogen) atoms. The van der Waals surface area contributed by atoms with E-state index in [0.29, 0.717) is 5.56 Å². The van der Waals surface area contributed by atoms with Crippen LogP contribution in [0.15, 0.2) is 34.9 Å². The van der Waals surface area contributed by atoms with Crippen molar-refractivity contribution in [1.82, 2.24) is 4.98 Å². The Bertz CT molecular complexity index is 547. The van der Waals surface area contributed by atoms with Gasteiger partial charge in [0.15, 0.2) is 0 Å². The molecule has 1 aliphatic rings. The molecule has 5 heteroatoms. The SMILES string of the molecule is Fc1ccc(-c2ncc(C3CC3(F)F)o2)cc1. The minimum absolute atomic E-state index is 0.189. The summed E-state index contributed by atoms with van der Waals surface area (Å²) in [6, 6.07) is 5.53. The lowest BCUT2D eigenvalue weighted by atomic mass is 10.2. The van der Waals surface area contributed by atoms with E-state index >= 15 is 0 Å². The molecule has 88 valence electrons. The highest BCUT2D eigenvalue weighted by Gasteiger charge is 2.59. The summed E-state index contributed by atoms with van der Waals surface area (Å²) in [6.45, 7) is 0. The zero-order chi connectivity index (χ0) is 12.0. The Morgan fingerprint density at radius 3 is 2.47 bits per heavy atom. The molecule has 0 spiro atoms. The summed E-state index contributed by atoms with van der Waals surface area (Å²) in [7, 11) is 0. The van der Waals surface area contributed by atoms with E-state index in [0.717, 1.165) is 0 Å². The fourth-order valence-corrected chi connectivity index (χ4v) is 1.70. The summed E-state index contributed by atoms with van der Waals surface area (Å²) in [6.07, 6.45) is 1.12. The van der Waals surface area contributed by atoms with Gasteiger partial charge in [0.2, 0.25) is 5.89 Å². The van der Waals surface area contributed by atoms with Gasteiger partial charge in [0, 0.05) is 12.0 Å². The monoisotopic (exact) mass is 239 g/mol. The summed E-state index contributed by atoms with van der Waals surface area (Å²) in [4.78, 5) is 3.92. The van der Waals surface area contributed by atoms with Gasteiger partial charge < -0.3 is 4.42 Å². The van der Waals surface area contributed by atoms with Crippen molar-refractivity contribution in [3.63, 3.8) is 0 Å². The molecule has 1 aliphatic carbocycles. The van der Waals surface area contributed by atoms with Crippen LogP contribution in [0.5, 0.6) is 0 Å². The van der Waals surface area contributed by atoms with Gasteiger partial charge in [0.25, 0.3) is 5.92 Å². The van der Waals surface area contributed by atoms with Gasteiger partial charge in [-0.3, -0.25) is 0 Å². The van der Waals surface area contributed by atoms with Crippen LogP contribution in [0.1, 0.15) is 18.1 Å². The van der Waals surface area contributed by atoms with E-state index in [9.17, 15) is 13.2 Å². The summed E-state index contributed by atoms with van der Waals surface area (Å²) < 4.78 is 43.6. The van der Waals surface area contributed by atoms with Crippen molar-refractivity contribution in [2.45, 2.75) is 18.3 Å². The van der Waals surface area contributed by atoms with Crippen LogP contribution < -0.4 is 0 Å². The van der Waals surface area contributed by atoms with E-state index in [-0.39, 0.29) is 23.9 Å². The van der Waals surface area contributed by atoms with Gasteiger partial charge in [-0.25, -0.2) is 18.2 Å². The highest BCUT2D eigenvalue weighted by atomic mass is 19.3. The second kappa shape index (κ2) is 3.35. The number of halogens is 3. The van der Waals surface area contributed by atoms with Gasteiger partial charge in [0.1, 0.15) is 11.6 Å². The zero-order valence-corrected chi connectivity index (χ0v) is 8.66. The van der Waals surface area contributed by atoms with E-state index < -0.39 is 11.8 Å². The van der Waals surface area contributed by atoms with Crippen LogP contribution in [0, 0.1) is 5.82 Å². The molecule has 1 fully saturated rings. The van der Waals surface area contributed by atoms with Crippen molar-refractivity contribution >= 4 is 0 Å². The molecule has 1 aromatic carbocycles. The van der Waals surface area contributed by atoms with Gasteiger partial charge in [-0.05, 0) is 24.3 Å². The van der Waals surface area contributed by atoms with Crippen LogP contribution in [0.4, 0.5) is 13.2 Å². The highest BCUT2D eigenvalue weighted by Crippen LogP contribution is 2.56.